The lowest BCUT2D eigenvalue weighted by molar-refractivity contribution is -0.121. The third-order valence-corrected chi connectivity index (χ3v) is 3.35. The first-order valence-corrected chi connectivity index (χ1v) is 6.67. The van der Waals surface area contributed by atoms with Gasteiger partial charge in [0.05, 0.1) is 6.54 Å². The van der Waals surface area contributed by atoms with Crippen LogP contribution in [-0.4, -0.2) is 42.5 Å². The normalized spacial score (nSPS) is 16.8. The largest absolute Gasteiger partial charge is 0.351 e. The van der Waals surface area contributed by atoms with Crippen LogP contribution in [0.15, 0.2) is 0 Å². The minimum Gasteiger partial charge on any atom is -0.351 e. The van der Waals surface area contributed by atoms with Crippen molar-refractivity contribution in [2.24, 2.45) is 11.5 Å². The van der Waals surface area contributed by atoms with Gasteiger partial charge in [0, 0.05) is 12.6 Å². The summed E-state index contributed by atoms with van der Waals surface area (Å²) in [7, 11) is 0. The molecule has 0 atom stereocenters. The monoisotopic (exact) mass is 256 g/mol. The Hall–Kier alpha value is -1.14. The van der Waals surface area contributed by atoms with Gasteiger partial charge in [-0.15, -0.1) is 0 Å². The van der Waals surface area contributed by atoms with Crippen LogP contribution >= 0.6 is 0 Å². The third kappa shape index (κ3) is 5.46. The Morgan fingerprint density at radius 2 is 1.89 bits per heavy atom. The van der Waals surface area contributed by atoms with Crippen LogP contribution in [0.1, 0.15) is 38.5 Å². The highest BCUT2D eigenvalue weighted by Gasteiger charge is 2.22. The lowest BCUT2D eigenvalue weighted by atomic mass is 9.94. The topological polar surface area (TPSA) is 101 Å². The highest BCUT2D eigenvalue weighted by molar-refractivity contribution is 5.94. The zero-order chi connectivity index (χ0) is 13.4. The first-order chi connectivity index (χ1) is 8.63. The van der Waals surface area contributed by atoms with Crippen LogP contribution in [0.4, 0.5) is 4.79 Å². The van der Waals surface area contributed by atoms with Gasteiger partial charge in [0.1, 0.15) is 0 Å². The number of nitrogens with zero attached hydrogens (tertiary/aromatic N) is 1. The van der Waals surface area contributed by atoms with Gasteiger partial charge < -0.3 is 11.5 Å². The molecule has 6 nitrogen and oxygen atoms in total. The summed E-state index contributed by atoms with van der Waals surface area (Å²) in [5.41, 5.74) is 10.5. The molecule has 1 aliphatic carbocycles. The smallest absolute Gasteiger partial charge is 0.318 e. The third-order valence-electron chi connectivity index (χ3n) is 3.35. The van der Waals surface area contributed by atoms with E-state index >= 15 is 0 Å². The molecule has 0 saturated heterocycles. The minimum atomic E-state index is -0.789. The second-order valence-electron chi connectivity index (χ2n) is 4.82. The first-order valence-electron chi connectivity index (χ1n) is 6.67. The van der Waals surface area contributed by atoms with Gasteiger partial charge in [-0.1, -0.05) is 19.3 Å². The molecule has 3 amide bonds. The molecule has 18 heavy (non-hydrogen) atoms. The molecule has 1 aliphatic rings. The maximum atomic E-state index is 11.6. The summed E-state index contributed by atoms with van der Waals surface area (Å²) in [6.45, 7) is 1.64. The van der Waals surface area contributed by atoms with Crippen molar-refractivity contribution in [1.29, 1.82) is 0 Å². The molecule has 0 bridgehead atoms. The number of rotatable bonds is 6. The standard InChI is InChI=1S/C12H24N4O2/c13-7-4-8-16(9-11(17)15-12(14)18)10-5-2-1-3-6-10/h10H,1-9,13H2,(H3,14,15,17,18). The summed E-state index contributed by atoms with van der Waals surface area (Å²) in [4.78, 5) is 24.3. The lowest BCUT2D eigenvalue weighted by Gasteiger charge is -2.33. The molecular formula is C12H24N4O2. The molecule has 0 aliphatic heterocycles. The molecule has 6 heteroatoms. The highest BCUT2D eigenvalue weighted by atomic mass is 16.2. The Morgan fingerprint density at radius 3 is 2.44 bits per heavy atom. The van der Waals surface area contributed by atoms with E-state index in [1.165, 1.54) is 19.3 Å². The van der Waals surface area contributed by atoms with Gasteiger partial charge in [-0.05, 0) is 25.8 Å². The molecule has 1 rings (SSSR count). The van der Waals surface area contributed by atoms with Gasteiger partial charge in [-0.3, -0.25) is 15.0 Å². The lowest BCUT2D eigenvalue weighted by Crippen LogP contribution is -2.47. The predicted molar refractivity (Wildman–Crippen MR) is 69.8 cm³/mol. The number of hydrogen-bond acceptors (Lipinski definition) is 4. The van der Waals surface area contributed by atoms with Crippen LogP contribution in [0.2, 0.25) is 0 Å². The number of nitrogens with two attached hydrogens (primary N) is 2. The van der Waals surface area contributed by atoms with Crippen LogP contribution in [0.3, 0.4) is 0 Å². The Labute approximate surface area is 108 Å². The Morgan fingerprint density at radius 1 is 1.22 bits per heavy atom. The predicted octanol–water partition coefficient (Wildman–Crippen LogP) is 0.165. The minimum absolute atomic E-state index is 0.230. The van der Waals surface area contributed by atoms with Gasteiger partial charge in [0.2, 0.25) is 5.91 Å². The quantitative estimate of drug-likeness (QED) is 0.630. The van der Waals surface area contributed by atoms with E-state index in [4.69, 9.17) is 11.5 Å². The van der Waals surface area contributed by atoms with Gasteiger partial charge in [0.25, 0.3) is 0 Å². The molecule has 1 saturated carbocycles. The first kappa shape index (κ1) is 14.9. The number of imide groups is 1. The number of nitrogens with one attached hydrogen (secondary N) is 1. The van der Waals surface area contributed by atoms with Crippen LogP contribution in [-0.2, 0) is 4.79 Å². The zero-order valence-corrected chi connectivity index (χ0v) is 10.9. The van der Waals surface area contributed by atoms with Crippen LogP contribution in [0.5, 0.6) is 0 Å². The molecule has 0 aromatic carbocycles. The van der Waals surface area contributed by atoms with E-state index in [-0.39, 0.29) is 12.5 Å². The number of carbonyl (C=O) groups excluding carboxylic acids is 2. The fourth-order valence-corrected chi connectivity index (χ4v) is 2.49. The van der Waals surface area contributed by atoms with Crippen molar-refractivity contribution in [3.05, 3.63) is 0 Å². The Balaban J connectivity index is 2.47. The Bertz CT molecular complexity index is 277. The second-order valence-corrected chi connectivity index (χ2v) is 4.82. The SMILES string of the molecule is NCCCN(CC(=O)NC(N)=O)C1CCCCC1. The molecule has 104 valence electrons. The van der Waals surface area contributed by atoms with Crippen molar-refractivity contribution >= 4 is 11.9 Å². The van der Waals surface area contributed by atoms with E-state index in [2.05, 4.69) is 10.2 Å². The van der Waals surface area contributed by atoms with E-state index in [9.17, 15) is 9.59 Å². The summed E-state index contributed by atoms with van der Waals surface area (Å²) in [5.74, 6) is -0.329. The van der Waals surface area contributed by atoms with E-state index in [1.807, 2.05) is 0 Å². The fourth-order valence-electron chi connectivity index (χ4n) is 2.49. The average Bonchev–Trinajstić information content (AvgIpc) is 2.34. The van der Waals surface area contributed by atoms with Crippen molar-refractivity contribution in [1.82, 2.24) is 10.2 Å². The molecule has 0 aromatic rings. The Kier molecular flexibility index (Phi) is 6.67. The van der Waals surface area contributed by atoms with Crippen LogP contribution in [0.25, 0.3) is 0 Å². The van der Waals surface area contributed by atoms with Gasteiger partial charge in [0.15, 0.2) is 0 Å². The van der Waals surface area contributed by atoms with Crippen LogP contribution < -0.4 is 16.8 Å². The molecule has 0 heterocycles. The van der Waals surface area contributed by atoms with Gasteiger partial charge in [-0.2, -0.15) is 0 Å². The van der Waals surface area contributed by atoms with Crippen molar-refractivity contribution < 1.29 is 9.59 Å². The summed E-state index contributed by atoms with van der Waals surface area (Å²) in [6, 6.07) is -0.355. The van der Waals surface area contributed by atoms with Crippen molar-refractivity contribution in [3.8, 4) is 0 Å². The van der Waals surface area contributed by atoms with E-state index in [0.29, 0.717) is 12.6 Å². The van der Waals surface area contributed by atoms with Crippen LogP contribution in [0, 0.1) is 0 Å². The average molecular weight is 256 g/mol. The summed E-state index contributed by atoms with van der Waals surface area (Å²) < 4.78 is 0. The fraction of sp³-hybridized carbons (Fsp3) is 0.833. The molecule has 5 N–H and O–H groups in total. The number of amides is 3. The molecule has 0 radical (unpaired) electrons. The number of primary amides is 1. The zero-order valence-electron chi connectivity index (χ0n) is 10.9. The highest BCUT2D eigenvalue weighted by Crippen LogP contribution is 2.22. The van der Waals surface area contributed by atoms with Crippen molar-refractivity contribution in [3.63, 3.8) is 0 Å². The summed E-state index contributed by atoms with van der Waals surface area (Å²) in [6.07, 6.45) is 6.79. The maximum Gasteiger partial charge on any atom is 0.318 e. The van der Waals surface area contributed by atoms with Crippen molar-refractivity contribution in [2.75, 3.05) is 19.6 Å². The number of carbonyl (C=O) groups is 2. The van der Waals surface area contributed by atoms with Crippen molar-refractivity contribution in [2.45, 2.75) is 44.6 Å². The molecule has 1 fully saturated rings. The molecular weight excluding hydrogens is 232 g/mol. The number of hydrogen-bond donors (Lipinski definition) is 3. The van der Waals surface area contributed by atoms with Gasteiger partial charge in [-0.25, -0.2) is 4.79 Å². The van der Waals surface area contributed by atoms with E-state index in [0.717, 1.165) is 25.8 Å². The molecule has 0 unspecified atom stereocenters. The van der Waals surface area contributed by atoms with E-state index in [1.54, 1.807) is 0 Å². The maximum absolute atomic E-state index is 11.6. The summed E-state index contributed by atoms with van der Waals surface area (Å²) in [5, 5.41) is 2.12. The molecule has 0 spiro atoms. The van der Waals surface area contributed by atoms with E-state index < -0.39 is 6.03 Å². The molecule has 0 aromatic heterocycles. The number of urea groups is 1. The van der Waals surface area contributed by atoms with Gasteiger partial charge >= 0.3 is 6.03 Å². The summed E-state index contributed by atoms with van der Waals surface area (Å²) >= 11 is 0. The second kappa shape index (κ2) is 8.05.